The van der Waals surface area contributed by atoms with Crippen molar-refractivity contribution in [1.29, 1.82) is 0 Å². The van der Waals surface area contributed by atoms with E-state index in [0.29, 0.717) is 5.69 Å². The van der Waals surface area contributed by atoms with Gasteiger partial charge in [-0.15, -0.1) is 16.4 Å². The number of thiophene rings is 1. The van der Waals surface area contributed by atoms with Crippen molar-refractivity contribution < 1.29 is 4.79 Å². The first-order valence-electron chi connectivity index (χ1n) is 8.67. The third kappa shape index (κ3) is 3.49. The molecule has 3 heterocycles. The minimum absolute atomic E-state index is 0.143. The summed E-state index contributed by atoms with van der Waals surface area (Å²) in [6.45, 7) is 0. The minimum atomic E-state index is -0.192. The van der Waals surface area contributed by atoms with E-state index in [4.69, 9.17) is 5.73 Å². The topological polar surface area (TPSA) is 84.4 Å². The van der Waals surface area contributed by atoms with E-state index < -0.39 is 0 Å². The molecule has 0 spiro atoms. The fourth-order valence-electron chi connectivity index (χ4n) is 3.33. The van der Waals surface area contributed by atoms with Gasteiger partial charge < -0.3 is 16.4 Å². The number of rotatable bonds is 4. The average Bonchev–Trinajstić information content (AvgIpc) is 3.23. The van der Waals surface area contributed by atoms with E-state index in [9.17, 15) is 4.79 Å². The Hall–Kier alpha value is -1.90. The highest BCUT2D eigenvalue weighted by atomic mass is 79.9. The number of nitrogens with one attached hydrogen (secondary N) is 2. The van der Waals surface area contributed by atoms with E-state index in [-0.39, 0.29) is 18.0 Å². The highest BCUT2D eigenvalue weighted by Crippen LogP contribution is 2.29. The molecule has 0 unspecified atom stereocenters. The van der Waals surface area contributed by atoms with Crippen molar-refractivity contribution in [3.05, 3.63) is 45.2 Å². The van der Waals surface area contributed by atoms with Gasteiger partial charge in [-0.25, -0.2) is 4.52 Å². The van der Waals surface area contributed by atoms with Crippen LogP contribution in [0.5, 0.6) is 0 Å². The number of hydrogen-bond donors (Lipinski definition) is 3. The predicted molar refractivity (Wildman–Crippen MR) is 109 cm³/mol. The molecule has 0 aromatic carbocycles. The summed E-state index contributed by atoms with van der Waals surface area (Å²) in [7, 11) is 0. The molecular formula is C18H20BrN5OS. The highest BCUT2D eigenvalue weighted by Gasteiger charge is 2.22. The van der Waals surface area contributed by atoms with Crippen LogP contribution in [0.25, 0.3) is 5.52 Å². The Morgan fingerprint density at radius 2 is 2.04 bits per heavy atom. The summed E-state index contributed by atoms with van der Waals surface area (Å²) in [4.78, 5) is 12.7. The van der Waals surface area contributed by atoms with E-state index in [1.54, 1.807) is 10.6 Å². The zero-order valence-electron chi connectivity index (χ0n) is 14.1. The molecule has 0 bridgehead atoms. The molecule has 4 N–H and O–H groups in total. The largest absolute Gasteiger partial charge is 0.364 e. The second-order valence-electron chi connectivity index (χ2n) is 6.54. The summed E-state index contributed by atoms with van der Waals surface area (Å²) >= 11 is 4.97. The third-order valence-electron chi connectivity index (χ3n) is 4.76. The first-order chi connectivity index (χ1) is 12.6. The Labute approximate surface area is 163 Å². The average molecular weight is 434 g/mol. The first kappa shape index (κ1) is 17.5. The van der Waals surface area contributed by atoms with Gasteiger partial charge in [-0.2, -0.15) is 0 Å². The molecule has 1 fully saturated rings. The van der Waals surface area contributed by atoms with Gasteiger partial charge in [0.2, 0.25) is 0 Å². The molecule has 4 rings (SSSR count). The molecule has 6 nitrogen and oxygen atoms in total. The Balaban J connectivity index is 1.58. The zero-order chi connectivity index (χ0) is 18.1. The van der Waals surface area contributed by atoms with Crippen LogP contribution < -0.4 is 16.4 Å². The molecule has 1 saturated carbocycles. The number of fused-ring (bicyclic) bond motifs is 1. The van der Waals surface area contributed by atoms with Crippen LogP contribution in [-0.2, 0) is 0 Å². The lowest BCUT2D eigenvalue weighted by molar-refractivity contribution is 0.102. The van der Waals surface area contributed by atoms with Crippen molar-refractivity contribution in [2.45, 2.75) is 37.8 Å². The predicted octanol–water partition coefficient (Wildman–Crippen LogP) is 4.09. The van der Waals surface area contributed by atoms with Gasteiger partial charge in [-0.3, -0.25) is 4.79 Å². The van der Waals surface area contributed by atoms with Gasteiger partial charge in [-0.05, 0) is 64.5 Å². The van der Waals surface area contributed by atoms with E-state index in [2.05, 4.69) is 31.7 Å². The van der Waals surface area contributed by atoms with E-state index in [1.807, 2.05) is 29.6 Å². The summed E-state index contributed by atoms with van der Waals surface area (Å²) in [6.07, 6.45) is 4.45. The molecule has 0 radical (unpaired) electrons. The monoisotopic (exact) mass is 433 g/mol. The van der Waals surface area contributed by atoms with E-state index >= 15 is 0 Å². The number of hydrogen-bond acceptors (Lipinski definition) is 5. The number of halogens is 1. The van der Waals surface area contributed by atoms with Gasteiger partial charge in [0, 0.05) is 12.1 Å². The van der Waals surface area contributed by atoms with E-state index in [0.717, 1.165) is 33.7 Å². The van der Waals surface area contributed by atoms with Crippen molar-refractivity contribution in [3.8, 4) is 0 Å². The maximum Gasteiger partial charge on any atom is 0.274 e. The summed E-state index contributed by atoms with van der Waals surface area (Å²) in [5.74, 6) is 0.546. The normalized spacial score (nSPS) is 20.2. The molecule has 1 aliphatic rings. The molecule has 3 aromatic rings. The van der Waals surface area contributed by atoms with Crippen LogP contribution in [0, 0.1) is 0 Å². The van der Waals surface area contributed by atoms with Crippen molar-refractivity contribution in [2.75, 3.05) is 10.6 Å². The van der Waals surface area contributed by atoms with Gasteiger partial charge in [0.05, 0.1) is 15.0 Å². The molecule has 8 heteroatoms. The molecule has 136 valence electrons. The number of nitrogens with two attached hydrogens (primary N) is 1. The second kappa shape index (κ2) is 7.38. The zero-order valence-corrected chi connectivity index (χ0v) is 16.5. The van der Waals surface area contributed by atoms with Crippen LogP contribution in [0.15, 0.2) is 39.5 Å². The number of anilines is 2. The molecular weight excluding hydrogens is 414 g/mol. The molecule has 2 atom stereocenters. The minimum Gasteiger partial charge on any atom is -0.364 e. The summed E-state index contributed by atoms with van der Waals surface area (Å²) in [5, 5.41) is 12.9. The quantitative estimate of drug-likeness (QED) is 0.578. The van der Waals surface area contributed by atoms with Gasteiger partial charge in [0.25, 0.3) is 5.91 Å². The number of carbonyl (C=O) groups is 1. The summed E-state index contributed by atoms with van der Waals surface area (Å²) in [5.41, 5.74) is 8.35. The molecule has 0 aliphatic heterocycles. The van der Waals surface area contributed by atoms with Crippen molar-refractivity contribution >= 4 is 50.2 Å². The van der Waals surface area contributed by atoms with Crippen LogP contribution in [0.2, 0.25) is 0 Å². The van der Waals surface area contributed by atoms with Crippen molar-refractivity contribution in [1.82, 2.24) is 9.61 Å². The summed E-state index contributed by atoms with van der Waals surface area (Å²) in [6, 6.07) is 9.81. The number of amides is 1. The Morgan fingerprint density at radius 3 is 2.81 bits per heavy atom. The van der Waals surface area contributed by atoms with Gasteiger partial charge >= 0.3 is 0 Å². The van der Waals surface area contributed by atoms with Crippen LogP contribution in [0.4, 0.5) is 11.5 Å². The highest BCUT2D eigenvalue weighted by molar-refractivity contribution is 9.11. The maximum atomic E-state index is 12.7. The van der Waals surface area contributed by atoms with Crippen molar-refractivity contribution in [3.63, 3.8) is 0 Å². The van der Waals surface area contributed by atoms with Crippen molar-refractivity contribution in [2.24, 2.45) is 5.73 Å². The number of carbonyl (C=O) groups excluding carboxylic acids is 1. The molecule has 0 saturated heterocycles. The lowest BCUT2D eigenvalue weighted by atomic mass is 9.91. The Morgan fingerprint density at radius 1 is 1.23 bits per heavy atom. The van der Waals surface area contributed by atoms with Crippen LogP contribution >= 0.6 is 27.3 Å². The standard InChI is InChI=1S/C18H20BrN5OS/c19-17-14(9-10-26-17)22-18(25)15-7-5-11-6-8-16(23-24(11)15)21-13-4-2-1-3-12(13)20/h5-10,12-13H,1-4,20H2,(H,21,23)(H,22,25)/t12-,13+/m0/s1. The third-order valence-corrected chi connectivity index (χ3v) is 6.44. The smallest absolute Gasteiger partial charge is 0.274 e. The lowest BCUT2D eigenvalue weighted by Crippen LogP contribution is -2.42. The molecule has 26 heavy (non-hydrogen) atoms. The van der Waals surface area contributed by atoms with Gasteiger partial charge in [0.1, 0.15) is 11.5 Å². The first-order valence-corrected chi connectivity index (χ1v) is 10.3. The molecule has 3 aromatic heterocycles. The van der Waals surface area contributed by atoms with Crippen LogP contribution in [0.3, 0.4) is 0 Å². The lowest BCUT2D eigenvalue weighted by Gasteiger charge is -2.29. The van der Waals surface area contributed by atoms with Gasteiger partial charge in [0.15, 0.2) is 0 Å². The SMILES string of the molecule is N[C@H]1CCCC[C@H]1Nc1ccc2ccc(C(=O)Nc3ccsc3Br)n2n1. The fourth-order valence-corrected chi connectivity index (χ4v) is 4.46. The van der Waals surface area contributed by atoms with Crippen LogP contribution in [-0.4, -0.2) is 27.6 Å². The Bertz CT molecular complexity index is 937. The maximum absolute atomic E-state index is 12.7. The van der Waals surface area contributed by atoms with Crippen LogP contribution in [0.1, 0.15) is 36.2 Å². The summed E-state index contributed by atoms with van der Waals surface area (Å²) < 4.78 is 2.57. The van der Waals surface area contributed by atoms with Gasteiger partial charge in [-0.1, -0.05) is 12.8 Å². The molecule has 1 amide bonds. The Kier molecular flexibility index (Phi) is 4.97. The number of nitrogens with zero attached hydrogens (tertiary/aromatic N) is 2. The van der Waals surface area contributed by atoms with E-state index in [1.165, 1.54) is 24.2 Å². The number of aromatic nitrogens is 2. The molecule has 1 aliphatic carbocycles. The fraction of sp³-hybridized carbons (Fsp3) is 0.333. The second-order valence-corrected chi connectivity index (χ2v) is 8.77.